The Hall–Kier alpha value is -4.01. The Balaban J connectivity index is 1.58. The van der Waals surface area contributed by atoms with E-state index in [9.17, 15) is 19.5 Å². The molecular formula is C18H11N3O6. The number of nitrogens with one attached hydrogen (secondary N) is 1. The lowest BCUT2D eigenvalue weighted by Crippen LogP contribution is -2.18. The van der Waals surface area contributed by atoms with Gasteiger partial charge in [-0.05, 0) is 6.07 Å². The highest BCUT2D eigenvalue weighted by atomic mass is 16.5. The fourth-order valence-corrected chi connectivity index (χ4v) is 2.67. The monoisotopic (exact) mass is 365 g/mol. The fourth-order valence-electron chi connectivity index (χ4n) is 2.67. The Morgan fingerprint density at radius 2 is 1.93 bits per heavy atom. The lowest BCUT2D eigenvalue weighted by Gasteiger charge is -2.11. The van der Waals surface area contributed by atoms with E-state index in [1.54, 1.807) is 18.2 Å². The molecule has 134 valence electrons. The molecule has 9 heteroatoms. The van der Waals surface area contributed by atoms with Crippen LogP contribution in [0.1, 0.15) is 43.5 Å². The molecule has 0 saturated heterocycles. The number of aliphatic hydroxyl groups is 1. The summed E-state index contributed by atoms with van der Waals surface area (Å²) in [5.41, 5.74) is 0.924. The van der Waals surface area contributed by atoms with E-state index in [2.05, 4.69) is 15.4 Å². The molecule has 0 fully saturated rings. The second-order valence-electron chi connectivity index (χ2n) is 5.66. The first-order valence-corrected chi connectivity index (χ1v) is 7.79. The van der Waals surface area contributed by atoms with Gasteiger partial charge in [-0.15, -0.1) is 0 Å². The molecule has 2 heterocycles. The zero-order valence-corrected chi connectivity index (χ0v) is 13.6. The van der Waals surface area contributed by atoms with Crippen LogP contribution in [0.4, 0.5) is 0 Å². The summed E-state index contributed by atoms with van der Waals surface area (Å²) >= 11 is 0. The van der Waals surface area contributed by atoms with Crippen molar-refractivity contribution < 1.29 is 28.6 Å². The average molecular weight is 365 g/mol. The molecule has 4 rings (SSSR count). The number of esters is 1. The number of rotatable bonds is 4. The van der Waals surface area contributed by atoms with Gasteiger partial charge in [0.1, 0.15) is 12.3 Å². The number of carbonyl (C=O) groups excluding carboxylic acids is 3. The summed E-state index contributed by atoms with van der Waals surface area (Å²) in [4.78, 5) is 36.8. The molecule has 3 aromatic rings. The number of benzene rings is 1. The molecule has 0 spiro atoms. The summed E-state index contributed by atoms with van der Waals surface area (Å²) in [6, 6.07) is 7.58. The lowest BCUT2D eigenvalue weighted by molar-refractivity contribution is -0.139. The van der Waals surface area contributed by atoms with Crippen molar-refractivity contribution in [2.45, 2.75) is 6.61 Å². The van der Waals surface area contributed by atoms with Crippen LogP contribution in [-0.2, 0) is 16.1 Å². The van der Waals surface area contributed by atoms with Crippen LogP contribution in [0, 0.1) is 0 Å². The van der Waals surface area contributed by atoms with Gasteiger partial charge in [0.05, 0.1) is 17.8 Å². The first kappa shape index (κ1) is 16.5. The molecule has 9 nitrogen and oxygen atoms in total. The van der Waals surface area contributed by atoms with E-state index in [1.165, 1.54) is 18.3 Å². The molecule has 2 aromatic heterocycles. The van der Waals surface area contributed by atoms with Crippen LogP contribution in [-0.4, -0.2) is 38.1 Å². The number of H-pyrrole nitrogens is 1. The Kier molecular flexibility index (Phi) is 3.88. The predicted octanol–water partition coefficient (Wildman–Crippen LogP) is 1.82. The number of hydrogen-bond acceptors (Lipinski definition) is 8. The molecular weight excluding hydrogens is 354 g/mol. The van der Waals surface area contributed by atoms with Crippen LogP contribution in [0.25, 0.3) is 5.76 Å². The van der Waals surface area contributed by atoms with Crippen molar-refractivity contribution in [2.75, 3.05) is 0 Å². The van der Waals surface area contributed by atoms with E-state index >= 15 is 0 Å². The molecule has 0 bridgehead atoms. The number of ketones is 2. The van der Waals surface area contributed by atoms with E-state index in [4.69, 9.17) is 9.15 Å². The predicted molar refractivity (Wildman–Crippen MR) is 88.8 cm³/mol. The average Bonchev–Trinajstić information content (AvgIpc) is 3.34. The van der Waals surface area contributed by atoms with Gasteiger partial charge in [0.2, 0.25) is 5.78 Å². The van der Waals surface area contributed by atoms with E-state index < -0.39 is 23.3 Å². The van der Waals surface area contributed by atoms with Gasteiger partial charge >= 0.3 is 5.97 Å². The topological polar surface area (TPSA) is 135 Å². The number of nitrogens with zero attached hydrogens (tertiary/aromatic N) is 2. The van der Waals surface area contributed by atoms with Gasteiger partial charge in [-0.25, -0.2) is 4.79 Å². The molecule has 1 aliphatic rings. The Morgan fingerprint density at radius 3 is 2.63 bits per heavy atom. The molecule has 0 radical (unpaired) electrons. The highest BCUT2D eigenvalue weighted by Gasteiger charge is 2.34. The first-order chi connectivity index (χ1) is 13.0. The molecule has 27 heavy (non-hydrogen) atoms. The third kappa shape index (κ3) is 2.91. The second-order valence-corrected chi connectivity index (χ2v) is 5.66. The van der Waals surface area contributed by atoms with Crippen LogP contribution in [0.3, 0.4) is 0 Å². The largest absolute Gasteiger partial charge is 0.504 e. The van der Waals surface area contributed by atoms with Crippen LogP contribution < -0.4 is 0 Å². The van der Waals surface area contributed by atoms with Crippen LogP contribution in [0.5, 0.6) is 0 Å². The number of ether oxygens (including phenoxy) is 1. The number of furan rings is 1. The minimum atomic E-state index is -0.856. The Labute approximate surface area is 151 Å². The molecule has 0 unspecified atom stereocenters. The molecule has 0 saturated carbocycles. The zero-order valence-electron chi connectivity index (χ0n) is 13.6. The Morgan fingerprint density at radius 1 is 1.19 bits per heavy atom. The smallest absolute Gasteiger partial charge is 0.335 e. The van der Waals surface area contributed by atoms with Crippen molar-refractivity contribution >= 4 is 23.3 Å². The number of aromatic amines is 1. The second kappa shape index (κ2) is 6.37. The Bertz CT molecular complexity index is 1040. The standard InChI is InChI=1S/C18H11N3O6/c22-13(6-15(23)26-8-9-7-19-21-20-9)14-5-12-16(24)10-3-1-2-4-11(10)17(25)18(12)27-14/h1-7,22H,8H2,(H,19,20,21)/b13-6-. The van der Waals surface area contributed by atoms with Gasteiger partial charge in [-0.3, -0.25) is 9.59 Å². The lowest BCUT2D eigenvalue weighted by atomic mass is 9.88. The van der Waals surface area contributed by atoms with E-state index in [0.717, 1.165) is 6.08 Å². The molecule has 2 N–H and O–H groups in total. The summed E-state index contributed by atoms with van der Waals surface area (Å²) < 4.78 is 10.2. The number of carbonyl (C=O) groups is 3. The maximum Gasteiger partial charge on any atom is 0.335 e. The molecule has 0 amide bonds. The van der Waals surface area contributed by atoms with E-state index in [1.807, 2.05) is 0 Å². The number of hydrogen-bond donors (Lipinski definition) is 2. The van der Waals surface area contributed by atoms with Crippen LogP contribution in [0.2, 0.25) is 0 Å². The van der Waals surface area contributed by atoms with Crippen molar-refractivity contribution in [3.8, 4) is 0 Å². The third-order valence-corrected chi connectivity index (χ3v) is 3.93. The molecule has 0 atom stereocenters. The van der Waals surface area contributed by atoms with Crippen molar-refractivity contribution in [2.24, 2.45) is 0 Å². The minimum Gasteiger partial charge on any atom is -0.504 e. The fraction of sp³-hybridized carbons (Fsp3) is 0.0556. The van der Waals surface area contributed by atoms with Crippen molar-refractivity contribution in [1.29, 1.82) is 0 Å². The highest BCUT2D eigenvalue weighted by Crippen LogP contribution is 2.31. The van der Waals surface area contributed by atoms with Gasteiger partial charge < -0.3 is 14.3 Å². The summed E-state index contributed by atoms with van der Waals surface area (Å²) in [5, 5.41) is 19.7. The van der Waals surface area contributed by atoms with Gasteiger partial charge in [-0.1, -0.05) is 24.3 Å². The highest BCUT2D eigenvalue weighted by molar-refractivity contribution is 6.27. The summed E-state index contributed by atoms with van der Waals surface area (Å²) in [7, 11) is 0. The number of aromatic nitrogens is 3. The maximum absolute atomic E-state index is 12.5. The summed E-state index contributed by atoms with van der Waals surface area (Å²) in [6.07, 6.45) is 2.17. The SMILES string of the molecule is O=C(/C=C(\O)c1cc2c(o1)C(=O)c1ccccc1C2=O)OCc1cn[nH]n1. The van der Waals surface area contributed by atoms with E-state index in [-0.39, 0.29) is 34.8 Å². The minimum absolute atomic E-state index is 0.0321. The zero-order chi connectivity index (χ0) is 19.0. The van der Waals surface area contributed by atoms with E-state index in [0.29, 0.717) is 5.69 Å². The molecule has 1 aliphatic carbocycles. The molecule has 0 aliphatic heterocycles. The van der Waals surface area contributed by atoms with Gasteiger partial charge in [0.15, 0.2) is 23.1 Å². The van der Waals surface area contributed by atoms with Gasteiger partial charge in [0, 0.05) is 11.1 Å². The number of fused-ring (bicyclic) bond motifs is 2. The van der Waals surface area contributed by atoms with Gasteiger partial charge in [-0.2, -0.15) is 15.4 Å². The quantitative estimate of drug-likeness (QED) is 0.317. The number of aliphatic hydroxyl groups excluding tert-OH is 1. The molecule has 1 aromatic carbocycles. The normalized spacial score (nSPS) is 13.3. The third-order valence-electron chi connectivity index (χ3n) is 3.93. The van der Waals surface area contributed by atoms with Crippen LogP contribution in [0.15, 0.2) is 47.0 Å². The van der Waals surface area contributed by atoms with Crippen molar-refractivity contribution in [1.82, 2.24) is 15.4 Å². The van der Waals surface area contributed by atoms with Gasteiger partial charge in [0.25, 0.3) is 0 Å². The summed E-state index contributed by atoms with van der Waals surface area (Å²) in [5.74, 6) is -2.65. The van der Waals surface area contributed by atoms with Crippen molar-refractivity contribution in [3.05, 3.63) is 76.5 Å². The van der Waals surface area contributed by atoms with Crippen LogP contribution >= 0.6 is 0 Å². The van der Waals surface area contributed by atoms with Crippen molar-refractivity contribution in [3.63, 3.8) is 0 Å². The maximum atomic E-state index is 12.5. The first-order valence-electron chi connectivity index (χ1n) is 7.79. The summed E-state index contributed by atoms with van der Waals surface area (Å²) in [6.45, 7) is -0.139.